The van der Waals surface area contributed by atoms with Gasteiger partial charge in [-0.1, -0.05) is 0 Å². The molecule has 4 heteroatoms. The molecule has 0 unspecified atom stereocenters. The van der Waals surface area contributed by atoms with Gasteiger partial charge in [-0.25, -0.2) is 4.98 Å². The van der Waals surface area contributed by atoms with Crippen molar-refractivity contribution in [2.75, 3.05) is 0 Å². The normalized spacial score (nSPS) is 10.1. The maximum atomic E-state index is 4.16. The van der Waals surface area contributed by atoms with Crippen molar-refractivity contribution in [2.24, 2.45) is 0 Å². The summed E-state index contributed by atoms with van der Waals surface area (Å²) < 4.78 is 0. The highest BCUT2D eigenvalue weighted by molar-refractivity contribution is 7.80. The van der Waals surface area contributed by atoms with Gasteiger partial charge in [0.15, 0.2) is 0 Å². The highest BCUT2D eigenvalue weighted by Crippen LogP contribution is 2.14. The highest BCUT2D eigenvalue weighted by atomic mass is 32.1. The molecule has 1 N–H and O–H groups in total. The molecule has 0 amide bonds. The second-order valence-corrected chi connectivity index (χ2v) is 2.80. The zero-order valence-electron chi connectivity index (χ0n) is 6.23. The lowest BCUT2D eigenvalue weighted by molar-refractivity contribution is 1.21. The molecule has 0 fully saturated rings. The van der Waals surface area contributed by atoms with Gasteiger partial charge in [-0.3, -0.25) is 4.98 Å². The maximum absolute atomic E-state index is 4.16. The van der Waals surface area contributed by atoms with Crippen LogP contribution in [0.25, 0.3) is 11.4 Å². The molecular weight excluding hydrogens is 170 g/mol. The Bertz CT molecular complexity index is 369. The van der Waals surface area contributed by atoms with Crippen LogP contribution in [-0.2, 0) is 0 Å². The van der Waals surface area contributed by atoms with Crippen LogP contribution in [-0.4, -0.2) is 15.0 Å². The summed E-state index contributed by atoms with van der Waals surface area (Å²) in [6, 6.07) is 3.79. The van der Waals surface area contributed by atoms with Gasteiger partial charge >= 0.3 is 0 Å². The summed E-state index contributed by atoms with van der Waals surface area (Å²) in [4.78, 5) is 11.1. The minimum atomic E-state index is 0.696. The summed E-state index contributed by atoms with van der Waals surface area (Å²) in [6.07, 6.45) is 5.21. The van der Waals surface area contributed by atoms with Crippen molar-refractivity contribution in [1.82, 2.24) is 15.0 Å². The van der Waals surface area contributed by atoms with Crippen LogP contribution < -0.4 is 0 Å². The SMILES string of the molecule is Sc1c[nH]c(-c2ccncc2)n1. The summed E-state index contributed by atoms with van der Waals surface area (Å²) in [6.45, 7) is 0. The van der Waals surface area contributed by atoms with E-state index in [0.717, 1.165) is 11.4 Å². The standard InChI is InChI=1S/C8H7N3S/c12-7-5-10-8(11-7)6-1-3-9-4-2-6/h1-5,12H,(H,10,11). The van der Waals surface area contributed by atoms with Crippen LogP contribution in [0, 0.1) is 0 Å². The Labute approximate surface area is 75.3 Å². The molecule has 2 aromatic rings. The van der Waals surface area contributed by atoms with Crippen molar-refractivity contribution in [2.45, 2.75) is 5.03 Å². The Morgan fingerprint density at radius 3 is 2.58 bits per heavy atom. The van der Waals surface area contributed by atoms with Gasteiger partial charge < -0.3 is 4.98 Å². The number of hydrogen-bond donors (Lipinski definition) is 2. The van der Waals surface area contributed by atoms with E-state index in [1.54, 1.807) is 18.6 Å². The molecule has 2 rings (SSSR count). The average molecular weight is 177 g/mol. The molecule has 0 aliphatic heterocycles. The third-order valence-electron chi connectivity index (χ3n) is 1.52. The Balaban J connectivity index is 2.45. The summed E-state index contributed by atoms with van der Waals surface area (Å²) in [5.74, 6) is 0.822. The van der Waals surface area contributed by atoms with Crippen molar-refractivity contribution in [1.29, 1.82) is 0 Å². The Morgan fingerprint density at radius 2 is 2.00 bits per heavy atom. The van der Waals surface area contributed by atoms with Crippen LogP contribution in [0.3, 0.4) is 0 Å². The topological polar surface area (TPSA) is 41.6 Å². The monoisotopic (exact) mass is 177 g/mol. The maximum Gasteiger partial charge on any atom is 0.138 e. The molecule has 0 saturated heterocycles. The molecule has 0 saturated carbocycles. The molecule has 2 heterocycles. The fraction of sp³-hybridized carbons (Fsp3) is 0. The first-order valence-electron chi connectivity index (χ1n) is 3.51. The molecule has 0 aliphatic carbocycles. The number of nitrogens with zero attached hydrogens (tertiary/aromatic N) is 2. The van der Waals surface area contributed by atoms with Crippen LogP contribution in [0.4, 0.5) is 0 Å². The van der Waals surface area contributed by atoms with E-state index in [4.69, 9.17) is 0 Å². The molecule has 3 nitrogen and oxygen atoms in total. The minimum absolute atomic E-state index is 0.696. The van der Waals surface area contributed by atoms with Crippen LogP contribution in [0.5, 0.6) is 0 Å². The molecule has 0 radical (unpaired) electrons. The largest absolute Gasteiger partial charge is 0.343 e. The Kier molecular flexibility index (Phi) is 1.83. The zero-order chi connectivity index (χ0) is 8.39. The van der Waals surface area contributed by atoms with Gasteiger partial charge in [0, 0.05) is 24.2 Å². The lowest BCUT2D eigenvalue weighted by Gasteiger charge is -1.92. The number of rotatable bonds is 1. The molecule has 0 aliphatic rings. The summed E-state index contributed by atoms with van der Waals surface area (Å²) in [5, 5.41) is 0.696. The lowest BCUT2D eigenvalue weighted by Crippen LogP contribution is -1.79. The molecular formula is C8H7N3S. The van der Waals surface area contributed by atoms with Gasteiger partial charge in [-0.05, 0) is 12.1 Å². The summed E-state index contributed by atoms with van der Waals surface area (Å²) in [5.41, 5.74) is 1.02. The Hall–Kier alpha value is -1.29. The number of thiol groups is 1. The Morgan fingerprint density at radius 1 is 1.25 bits per heavy atom. The number of imidazole rings is 1. The van der Waals surface area contributed by atoms with Gasteiger partial charge in [0.1, 0.15) is 10.9 Å². The molecule has 0 bridgehead atoms. The lowest BCUT2D eigenvalue weighted by atomic mass is 10.3. The summed E-state index contributed by atoms with van der Waals surface area (Å²) in [7, 11) is 0. The molecule has 60 valence electrons. The minimum Gasteiger partial charge on any atom is -0.343 e. The second kappa shape index (κ2) is 2.98. The van der Waals surface area contributed by atoms with E-state index in [0.29, 0.717) is 5.03 Å². The number of pyridine rings is 1. The molecule has 12 heavy (non-hydrogen) atoms. The molecule has 0 aromatic carbocycles. The zero-order valence-corrected chi connectivity index (χ0v) is 7.12. The molecule has 2 aromatic heterocycles. The number of H-pyrrole nitrogens is 1. The third kappa shape index (κ3) is 1.33. The van der Waals surface area contributed by atoms with E-state index >= 15 is 0 Å². The van der Waals surface area contributed by atoms with Crippen molar-refractivity contribution in [3.63, 3.8) is 0 Å². The fourth-order valence-corrected chi connectivity index (χ4v) is 1.13. The highest BCUT2D eigenvalue weighted by Gasteiger charge is 1.99. The van der Waals surface area contributed by atoms with E-state index in [1.165, 1.54) is 0 Å². The van der Waals surface area contributed by atoms with Gasteiger partial charge in [0.25, 0.3) is 0 Å². The first kappa shape index (κ1) is 7.36. The van der Waals surface area contributed by atoms with Crippen molar-refractivity contribution >= 4 is 12.6 Å². The van der Waals surface area contributed by atoms with Crippen molar-refractivity contribution in [3.8, 4) is 11.4 Å². The molecule has 0 spiro atoms. The quantitative estimate of drug-likeness (QED) is 0.652. The van der Waals surface area contributed by atoms with Crippen LogP contribution >= 0.6 is 12.6 Å². The smallest absolute Gasteiger partial charge is 0.138 e. The van der Waals surface area contributed by atoms with Gasteiger partial charge in [-0.15, -0.1) is 12.6 Å². The van der Waals surface area contributed by atoms with E-state index < -0.39 is 0 Å². The van der Waals surface area contributed by atoms with E-state index in [9.17, 15) is 0 Å². The average Bonchev–Trinajstić information content (AvgIpc) is 2.54. The number of aromatic nitrogens is 3. The second-order valence-electron chi connectivity index (χ2n) is 2.34. The molecule has 0 atom stereocenters. The van der Waals surface area contributed by atoms with Gasteiger partial charge in [0.2, 0.25) is 0 Å². The number of aromatic amines is 1. The van der Waals surface area contributed by atoms with E-state index in [1.807, 2.05) is 12.1 Å². The van der Waals surface area contributed by atoms with Gasteiger partial charge in [-0.2, -0.15) is 0 Å². The first-order valence-corrected chi connectivity index (χ1v) is 3.96. The fourth-order valence-electron chi connectivity index (χ4n) is 0.970. The third-order valence-corrected chi connectivity index (χ3v) is 1.75. The number of nitrogens with one attached hydrogen (secondary N) is 1. The van der Waals surface area contributed by atoms with Crippen LogP contribution in [0.1, 0.15) is 0 Å². The van der Waals surface area contributed by atoms with Crippen molar-refractivity contribution in [3.05, 3.63) is 30.7 Å². The van der Waals surface area contributed by atoms with Crippen LogP contribution in [0.15, 0.2) is 35.7 Å². The predicted octanol–water partition coefficient (Wildman–Crippen LogP) is 1.76. The first-order chi connectivity index (χ1) is 5.86. The van der Waals surface area contributed by atoms with E-state index in [-0.39, 0.29) is 0 Å². The predicted molar refractivity (Wildman–Crippen MR) is 49.1 cm³/mol. The van der Waals surface area contributed by atoms with E-state index in [2.05, 4.69) is 27.6 Å². The summed E-state index contributed by atoms with van der Waals surface area (Å²) >= 11 is 4.10. The van der Waals surface area contributed by atoms with Crippen LogP contribution in [0.2, 0.25) is 0 Å². The van der Waals surface area contributed by atoms with Crippen molar-refractivity contribution < 1.29 is 0 Å². The van der Waals surface area contributed by atoms with Gasteiger partial charge in [0.05, 0.1) is 0 Å². The number of hydrogen-bond acceptors (Lipinski definition) is 3.